The molecule has 9 nitrogen and oxygen atoms in total. The van der Waals surface area contributed by atoms with E-state index in [4.69, 9.17) is 23.7 Å². The summed E-state index contributed by atoms with van der Waals surface area (Å²) in [4.78, 5) is 48.2. The van der Waals surface area contributed by atoms with E-state index in [-0.39, 0.29) is 12.0 Å². The Hall–Kier alpha value is -3.72. The van der Waals surface area contributed by atoms with Crippen LogP contribution in [0.4, 0.5) is 0 Å². The van der Waals surface area contributed by atoms with Gasteiger partial charge in [0.15, 0.2) is 6.10 Å². The van der Waals surface area contributed by atoms with Crippen molar-refractivity contribution < 1.29 is 42.9 Å². The summed E-state index contributed by atoms with van der Waals surface area (Å²) in [6, 6.07) is 16.4. The fraction of sp³-hybridized carbons (Fsp3) is 0.333. The summed E-state index contributed by atoms with van der Waals surface area (Å²) >= 11 is 0. The van der Waals surface area contributed by atoms with Crippen molar-refractivity contribution in [2.45, 2.75) is 38.8 Å². The van der Waals surface area contributed by atoms with Crippen molar-refractivity contribution in [1.29, 1.82) is 0 Å². The number of benzene rings is 2. The predicted molar refractivity (Wildman–Crippen MR) is 115 cm³/mol. The molecule has 0 aliphatic carbocycles. The zero-order chi connectivity index (χ0) is 24.2. The van der Waals surface area contributed by atoms with E-state index in [1.807, 2.05) is 0 Å². The quantitative estimate of drug-likeness (QED) is 0.285. The number of esters is 4. The fourth-order valence-corrected chi connectivity index (χ4v) is 2.87. The second-order valence-corrected chi connectivity index (χ2v) is 6.93. The molecular weight excluding hydrogens is 432 g/mol. The molecule has 0 amide bonds. The van der Waals surface area contributed by atoms with Crippen LogP contribution in [0.15, 0.2) is 60.7 Å². The predicted octanol–water partition coefficient (Wildman–Crippen LogP) is 2.93. The third-order valence-electron chi connectivity index (χ3n) is 4.37. The maximum absolute atomic E-state index is 12.7. The Bertz CT molecular complexity index is 927. The molecule has 0 spiro atoms. The van der Waals surface area contributed by atoms with E-state index in [0.29, 0.717) is 5.56 Å². The first-order chi connectivity index (χ1) is 15.8. The van der Waals surface area contributed by atoms with Gasteiger partial charge in [0.1, 0.15) is 12.7 Å². The molecule has 2 aromatic carbocycles. The molecule has 0 heterocycles. The first-order valence-corrected chi connectivity index (χ1v) is 10.2. The summed E-state index contributed by atoms with van der Waals surface area (Å²) in [7, 11) is 1.31. The zero-order valence-electron chi connectivity index (χ0n) is 18.6. The van der Waals surface area contributed by atoms with Crippen molar-refractivity contribution in [2.24, 2.45) is 0 Å². The molecule has 9 heteroatoms. The normalized spacial score (nSPS) is 13.2. The third-order valence-corrected chi connectivity index (χ3v) is 4.37. The fourth-order valence-electron chi connectivity index (χ4n) is 2.87. The first kappa shape index (κ1) is 25.5. The minimum atomic E-state index is -1.18. The zero-order valence-corrected chi connectivity index (χ0v) is 18.6. The molecule has 0 aliphatic heterocycles. The molecule has 176 valence electrons. The largest absolute Gasteiger partial charge is 0.458 e. The average molecular weight is 458 g/mol. The summed E-state index contributed by atoms with van der Waals surface area (Å²) < 4.78 is 26.4. The Morgan fingerprint density at radius 3 is 1.70 bits per heavy atom. The molecule has 2 rings (SSSR count). The van der Waals surface area contributed by atoms with Gasteiger partial charge in [-0.05, 0) is 24.3 Å². The average Bonchev–Trinajstić information content (AvgIpc) is 2.81. The van der Waals surface area contributed by atoms with Gasteiger partial charge in [0.2, 0.25) is 6.29 Å². The van der Waals surface area contributed by atoms with Gasteiger partial charge in [-0.15, -0.1) is 0 Å². The lowest BCUT2D eigenvalue weighted by Crippen LogP contribution is -2.42. The van der Waals surface area contributed by atoms with Crippen LogP contribution in [0.1, 0.15) is 41.0 Å². The highest BCUT2D eigenvalue weighted by atomic mass is 16.7. The van der Waals surface area contributed by atoms with Gasteiger partial charge in [0.05, 0.1) is 17.5 Å². The third kappa shape index (κ3) is 8.74. The van der Waals surface area contributed by atoms with Crippen LogP contribution in [0, 0.1) is 0 Å². The molecule has 0 radical (unpaired) electrons. The number of hydrogen-bond acceptors (Lipinski definition) is 9. The van der Waals surface area contributed by atoms with E-state index in [0.717, 1.165) is 0 Å². The summed E-state index contributed by atoms with van der Waals surface area (Å²) in [6.07, 6.45) is -3.61. The number of carbonyl (C=O) groups excluding carboxylic acids is 4. The Morgan fingerprint density at radius 2 is 1.21 bits per heavy atom. The number of methoxy groups -OCH3 is 1. The van der Waals surface area contributed by atoms with Gasteiger partial charge in [0.25, 0.3) is 0 Å². The molecular formula is C24H26O9. The first-order valence-electron chi connectivity index (χ1n) is 10.2. The molecule has 0 N–H and O–H groups in total. The van der Waals surface area contributed by atoms with E-state index in [9.17, 15) is 19.2 Å². The van der Waals surface area contributed by atoms with Gasteiger partial charge < -0.3 is 23.7 Å². The molecule has 0 bridgehead atoms. The second kappa shape index (κ2) is 13.0. The maximum Gasteiger partial charge on any atom is 0.338 e. The molecule has 33 heavy (non-hydrogen) atoms. The second-order valence-electron chi connectivity index (χ2n) is 6.93. The Kier molecular flexibility index (Phi) is 10.0. The molecule has 0 saturated heterocycles. The van der Waals surface area contributed by atoms with Gasteiger partial charge in [0, 0.05) is 21.0 Å². The van der Waals surface area contributed by atoms with E-state index in [1.54, 1.807) is 60.7 Å². The molecule has 2 aromatic rings. The van der Waals surface area contributed by atoms with Crippen LogP contribution in [0.2, 0.25) is 0 Å². The molecule has 0 aromatic heterocycles. The number of ether oxygens (including phenoxy) is 5. The van der Waals surface area contributed by atoms with E-state index in [2.05, 4.69) is 0 Å². The topological polar surface area (TPSA) is 114 Å². The van der Waals surface area contributed by atoms with Gasteiger partial charge in [-0.2, -0.15) is 0 Å². The standard InChI is InChI=1S/C24H26O9/c1-16(25)31-21(15-30-23(27)18-10-6-4-7-11-18)20(14-22(29-3)32-17(2)26)33-24(28)19-12-8-5-9-13-19/h4-13,20-22H,14-15H2,1-3H3/t20-,21+,22-/m0/s1. The van der Waals surface area contributed by atoms with Crippen molar-refractivity contribution in [3.63, 3.8) is 0 Å². The molecule has 0 aliphatic rings. The number of rotatable bonds is 11. The number of hydrogen-bond donors (Lipinski definition) is 0. The van der Waals surface area contributed by atoms with E-state index >= 15 is 0 Å². The summed E-state index contributed by atoms with van der Waals surface area (Å²) in [6.45, 7) is 1.96. The SMILES string of the molecule is CO[C@H](C[C@H](OC(=O)c1ccccc1)[C@@H](COC(=O)c1ccccc1)OC(C)=O)OC(C)=O. The Morgan fingerprint density at radius 1 is 0.697 bits per heavy atom. The highest BCUT2D eigenvalue weighted by Crippen LogP contribution is 2.18. The summed E-state index contributed by atoms with van der Waals surface area (Å²) in [5.41, 5.74) is 0.554. The molecule has 3 atom stereocenters. The van der Waals surface area contributed by atoms with Crippen molar-refractivity contribution in [3.8, 4) is 0 Å². The lowest BCUT2D eigenvalue weighted by molar-refractivity contribution is -0.184. The van der Waals surface area contributed by atoms with Crippen LogP contribution in [0.5, 0.6) is 0 Å². The highest BCUT2D eigenvalue weighted by molar-refractivity contribution is 5.90. The minimum absolute atomic E-state index is 0.171. The molecule has 0 saturated carbocycles. The van der Waals surface area contributed by atoms with Crippen molar-refractivity contribution >= 4 is 23.9 Å². The van der Waals surface area contributed by atoms with E-state index in [1.165, 1.54) is 21.0 Å². The van der Waals surface area contributed by atoms with Gasteiger partial charge in [-0.25, -0.2) is 9.59 Å². The lowest BCUT2D eigenvalue weighted by atomic mass is 10.1. The lowest BCUT2D eigenvalue weighted by Gasteiger charge is -2.28. The van der Waals surface area contributed by atoms with Crippen molar-refractivity contribution in [3.05, 3.63) is 71.8 Å². The summed E-state index contributed by atoms with van der Waals surface area (Å²) in [5.74, 6) is -2.65. The van der Waals surface area contributed by atoms with Gasteiger partial charge in [-0.3, -0.25) is 9.59 Å². The molecule has 0 fully saturated rings. The monoisotopic (exact) mass is 458 g/mol. The Labute approximate surface area is 191 Å². The van der Waals surface area contributed by atoms with Crippen LogP contribution >= 0.6 is 0 Å². The summed E-state index contributed by atoms with van der Waals surface area (Å²) in [5, 5.41) is 0. The van der Waals surface area contributed by atoms with Crippen LogP contribution in [0.25, 0.3) is 0 Å². The van der Waals surface area contributed by atoms with Gasteiger partial charge in [-0.1, -0.05) is 36.4 Å². The number of carbonyl (C=O) groups is 4. The smallest absolute Gasteiger partial charge is 0.338 e. The van der Waals surface area contributed by atoms with Crippen LogP contribution in [-0.4, -0.2) is 56.1 Å². The van der Waals surface area contributed by atoms with Crippen LogP contribution < -0.4 is 0 Å². The van der Waals surface area contributed by atoms with Crippen LogP contribution in [0.3, 0.4) is 0 Å². The van der Waals surface area contributed by atoms with Crippen molar-refractivity contribution in [1.82, 2.24) is 0 Å². The van der Waals surface area contributed by atoms with E-state index < -0.39 is 49.0 Å². The van der Waals surface area contributed by atoms with Gasteiger partial charge >= 0.3 is 23.9 Å². The Balaban J connectivity index is 2.24. The van der Waals surface area contributed by atoms with Crippen molar-refractivity contribution in [2.75, 3.05) is 13.7 Å². The maximum atomic E-state index is 12.7. The van der Waals surface area contributed by atoms with Crippen LogP contribution in [-0.2, 0) is 33.3 Å². The minimum Gasteiger partial charge on any atom is -0.458 e. The molecule has 0 unspecified atom stereocenters. The highest BCUT2D eigenvalue weighted by Gasteiger charge is 2.33.